The maximum absolute atomic E-state index is 13.3. The van der Waals surface area contributed by atoms with Gasteiger partial charge in [-0.1, -0.05) is 23.7 Å². The van der Waals surface area contributed by atoms with Gasteiger partial charge in [-0.15, -0.1) is 0 Å². The fourth-order valence-corrected chi connectivity index (χ4v) is 4.69. The molecule has 2 aromatic carbocycles. The summed E-state index contributed by atoms with van der Waals surface area (Å²) >= 11 is 6.28. The van der Waals surface area contributed by atoms with E-state index in [0.29, 0.717) is 47.7 Å². The molecular weight excluding hydrogens is 494 g/mol. The predicted octanol–water partition coefficient (Wildman–Crippen LogP) is 6.03. The van der Waals surface area contributed by atoms with Crippen molar-refractivity contribution in [3.05, 3.63) is 53.1 Å². The first kappa shape index (κ1) is 26.8. The van der Waals surface area contributed by atoms with Crippen molar-refractivity contribution >= 4 is 35.2 Å². The largest absolute Gasteiger partial charge is 0.466 e. The van der Waals surface area contributed by atoms with E-state index in [2.05, 4.69) is 4.90 Å². The Hall–Kier alpha value is -3.26. The van der Waals surface area contributed by atoms with E-state index in [-0.39, 0.29) is 12.6 Å². The summed E-state index contributed by atoms with van der Waals surface area (Å²) in [6, 6.07) is 12.5. The van der Waals surface area contributed by atoms with Crippen molar-refractivity contribution in [1.82, 2.24) is 9.80 Å². The Bertz CT molecular complexity index is 1220. The van der Waals surface area contributed by atoms with Crippen LogP contribution in [-0.2, 0) is 14.3 Å². The number of amides is 1. The van der Waals surface area contributed by atoms with E-state index in [1.54, 1.807) is 43.9 Å². The van der Waals surface area contributed by atoms with E-state index in [1.807, 2.05) is 45.0 Å². The zero-order valence-electron chi connectivity index (χ0n) is 22.2. The first-order valence-electron chi connectivity index (χ1n) is 12.5. The van der Waals surface area contributed by atoms with Gasteiger partial charge in [-0.3, -0.25) is 4.79 Å². The molecular formula is C28H34ClN3O5. The lowest BCUT2D eigenvalue weighted by Crippen LogP contribution is -2.63. The number of benzene rings is 2. The van der Waals surface area contributed by atoms with Crippen LogP contribution < -0.4 is 4.74 Å². The van der Waals surface area contributed by atoms with Crippen LogP contribution in [0, 0.1) is 5.41 Å². The number of nitrogens with zero attached hydrogens (tertiary/aromatic N) is 3. The molecule has 0 aliphatic carbocycles. The Morgan fingerprint density at radius 2 is 1.81 bits per heavy atom. The third-order valence-electron chi connectivity index (χ3n) is 6.44. The number of carbonyl (C=O) groups excluding carboxylic acids is 2. The van der Waals surface area contributed by atoms with Crippen LogP contribution in [-0.4, -0.2) is 65.6 Å². The summed E-state index contributed by atoms with van der Waals surface area (Å²) in [5, 5.41) is 0.549. The highest BCUT2D eigenvalue weighted by atomic mass is 35.5. The van der Waals surface area contributed by atoms with Crippen LogP contribution in [0.5, 0.6) is 11.5 Å². The van der Waals surface area contributed by atoms with E-state index in [1.165, 1.54) is 0 Å². The topological polar surface area (TPSA) is 80.7 Å². The molecule has 2 heterocycles. The molecule has 1 atom stereocenters. The number of esters is 1. The molecule has 0 N–H and O–H groups in total. The number of ether oxygens (including phenoxy) is 3. The number of piperazine rings is 1. The summed E-state index contributed by atoms with van der Waals surface area (Å²) < 4.78 is 17.3. The summed E-state index contributed by atoms with van der Waals surface area (Å²) in [7, 11) is 0. The lowest BCUT2D eigenvalue weighted by molar-refractivity contribution is -0.158. The molecule has 0 saturated carbocycles. The highest BCUT2D eigenvalue weighted by Gasteiger charge is 2.47. The van der Waals surface area contributed by atoms with Gasteiger partial charge in [0.2, 0.25) is 0 Å². The van der Waals surface area contributed by atoms with Gasteiger partial charge < -0.3 is 24.0 Å². The van der Waals surface area contributed by atoms with Crippen LogP contribution in [0.15, 0.2) is 47.5 Å². The highest BCUT2D eigenvalue weighted by molar-refractivity contribution is 6.31. The van der Waals surface area contributed by atoms with Gasteiger partial charge in [-0.2, -0.15) is 0 Å². The predicted molar refractivity (Wildman–Crippen MR) is 143 cm³/mol. The number of para-hydroxylation sites is 1. The van der Waals surface area contributed by atoms with Gasteiger partial charge in [0.05, 0.1) is 23.6 Å². The van der Waals surface area contributed by atoms with Crippen molar-refractivity contribution in [2.75, 3.05) is 26.2 Å². The van der Waals surface area contributed by atoms with E-state index in [4.69, 9.17) is 30.8 Å². The zero-order chi connectivity index (χ0) is 27.0. The molecule has 1 amide bonds. The van der Waals surface area contributed by atoms with Crippen LogP contribution in [0.2, 0.25) is 5.02 Å². The van der Waals surface area contributed by atoms with Crippen LogP contribution in [0.4, 0.5) is 10.5 Å². The fraction of sp³-hybridized carbons (Fsp3) is 0.464. The van der Waals surface area contributed by atoms with Gasteiger partial charge in [0.25, 0.3) is 0 Å². The lowest BCUT2D eigenvalue weighted by Gasteiger charge is -2.47. The van der Waals surface area contributed by atoms with Crippen molar-refractivity contribution in [3.8, 4) is 11.5 Å². The van der Waals surface area contributed by atoms with Crippen molar-refractivity contribution in [1.29, 1.82) is 0 Å². The maximum atomic E-state index is 13.3. The summed E-state index contributed by atoms with van der Waals surface area (Å²) in [5.74, 6) is 1.57. The minimum Gasteiger partial charge on any atom is -0.466 e. The number of hydrogen-bond donors (Lipinski definition) is 0. The van der Waals surface area contributed by atoms with Gasteiger partial charge in [0, 0.05) is 24.7 Å². The van der Waals surface area contributed by atoms with E-state index < -0.39 is 23.2 Å². The Morgan fingerprint density at radius 1 is 1.08 bits per heavy atom. The molecule has 0 bridgehead atoms. The average molecular weight is 528 g/mol. The Balaban J connectivity index is 1.76. The van der Waals surface area contributed by atoms with Crippen molar-refractivity contribution in [2.24, 2.45) is 10.4 Å². The molecule has 8 nitrogen and oxygen atoms in total. The van der Waals surface area contributed by atoms with Crippen LogP contribution in [0.3, 0.4) is 0 Å². The second-order valence-corrected chi connectivity index (χ2v) is 11.2. The van der Waals surface area contributed by atoms with Crippen LogP contribution >= 0.6 is 11.6 Å². The van der Waals surface area contributed by atoms with Crippen molar-refractivity contribution in [2.45, 2.75) is 53.2 Å². The molecule has 0 spiro atoms. The normalized spacial score (nSPS) is 17.6. The molecule has 9 heteroatoms. The van der Waals surface area contributed by atoms with Gasteiger partial charge >= 0.3 is 12.1 Å². The highest BCUT2D eigenvalue weighted by Crippen LogP contribution is 2.40. The average Bonchev–Trinajstić information content (AvgIpc) is 2.99. The Labute approximate surface area is 223 Å². The van der Waals surface area contributed by atoms with E-state index in [0.717, 1.165) is 5.56 Å². The standard InChI is InChI=1S/C28H34ClN3O5/c1-7-35-25(33)28(5,6)23-17-31(14-15-32(23)26(34)37-27(2,3)4)24-19-10-8-9-11-21(19)36-22-13-12-18(29)16-20(22)30-24/h8-13,16,23H,7,14-15,17H2,1-6H3/t23-/m1/s1. The van der Waals surface area contributed by atoms with Crippen LogP contribution in [0.25, 0.3) is 0 Å². The molecule has 2 aliphatic rings. The molecule has 4 rings (SSSR count). The maximum Gasteiger partial charge on any atom is 0.410 e. The summed E-state index contributed by atoms with van der Waals surface area (Å²) in [6.45, 7) is 12.3. The fourth-order valence-electron chi connectivity index (χ4n) is 4.52. The Kier molecular flexibility index (Phi) is 7.42. The molecule has 2 aromatic rings. The molecule has 0 aromatic heterocycles. The first-order valence-corrected chi connectivity index (χ1v) is 12.9. The number of amidine groups is 1. The van der Waals surface area contributed by atoms with Gasteiger partial charge in [0.15, 0.2) is 5.75 Å². The zero-order valence-corrected chi connectivity index (χ0v) is 23.0. The molecule has 2 aliphatic heterocycles. The van der Waals surface area contributed by atoms with Gasteiger partial charge in [-0.05, 0) is 71.9 Å². The van der Waals surface area contributed by atoms with Gasteiger partial charge in [0.1, 0.15) is 22.9 Å². The quantitative estimate of drug-likeness (QED) is 0.453. The third kappa shape index (κ3) is 5.69. The minimum absolute atomic E-state index is 0.250. The van der Waals surface area contributed by atoms with E-state index >= 15 is 0 Å². The third-order valence-corrected chi connectivity index (χ3v) is 6.67. The molecule has 1 saturated heterocycles. The first-order chi connectivity index (χ1) is 17.4. The number of carbonyl (C=O) groups is 2. The lowest BCUT2D eigenvalue weighted by atomic mass is 9.82. The molecule has 0 unspecified atom stereocenters. The number of halogens is 1. The second-order valence-electron chi connectivity index (χ2n) is 10.7. The Morgan fingerprint density at radius 3 is 2.51 bits per heavy atom. The molecule has 198 valence electrons. The summed E-state index contributed by atoms with van der Waals surface area (Å²) in [6.07, 6.45) is -0.460. The van der Waals surface area contributed by atoms with Crippen molar-refractivity contribution < 1.29 is 23.8 Å². The number of aliphatic imine (C=N–C) groups is 1. The smallest absolute Gasteiger partial charge is 0.410 e. The number of hydrogen-bond acceptors (Lipinski definition) is 7. The molecule has 1 fully saturated rings. The SMILES string of the molecule is CCOC(=O)C(C)(C)[C@H]1CN(C2=Nc3cc(Cl)ccc3Oc3ccccc32)CCN1C(=O)OC(C)(C)C. The van der Waals surface area contributed by atoms with E-state index in [9.17, 15) is 9.59 Å². The minimum atomic E-state index is -1.01. The summed E-state index contributed by atoms with van der Waals surface area (Å²) in [5.41, 5.74) is -0.256. The molecule has 37 heavy (non-hydrogen) atoms. The molecule has 0 radical (unpaired) electrons. The summed E-state index contributed by atoms with van der Waals surface area (Å²) in [4.78, 5) is 35.0. The van der Waals surface area contributed by atoms with Crippen molar-refractivity contribution in [3.63, 3.8) is 0 Å². The monoisotopic (exact) mass is 527 g/mol. The van der Waals surface area contributed by atoms with Gasteiger partial charge in [-0.25, -0.2) is 9.79 Å². The number of fused-ring (bicyclic) bond motifs is 2. The number of rotatable bonds is 3. The second kappa shape index (κ2) is 10.2. The van der Waals surface area contributed by atoms with Crippen LogP contribution in [0.1, 0.15) is 47.1 Å².